The fourth-order valence-corrected chi connectivity index (χ4v) is 1.51. The molecule has 0 unspecified atom stereocenters. The molecule has 0 aromatic carbocycles. The first-order valence-corrected chi connectivity index (χ1v) is 3.97. The van der Waals surface area contributed by atoms with Gasteiger partial charge >= 0.3 is 5.69 Å². The molecular formula is C6H4BrN3O2. The summed E-state index contributed by atoms with van der Waals surface area (Å²) in [5, 5.41) is 2.43. The molecule has 0 saturated carbocycles. The maximum atomic E-state index is 11.2. The number of halogens is 1. The highest BCUT2D eigenvalue weighted by atomic mass is 79.9. The first-order chi connectivity index (χ1) is 5.68. The third-order valence-corrected chi connectivity index (χ3v) is 2.14. The van der Waals surface area contributed by atoms with Gasteiger partial charge in [-0.2, -0.15) is 0 Å². The van der Waals surface area contributed by atoms with E-state index in [1.54, 1.807) is 12.3 Å². The highest BCUT2D eigenvalue weighted by Crippen LogP contribution is 2.12. The average molecular weight is 230 g/mol. The molecular weight excluding hydrogens is 226 g/mol. The third kappa shape index (κ3) is 0.918. The van der Waals surface area contributed by atoms with Crippen molar-refractivity contribution in [2.75, 3.05) is 0 Å². The van der Waals surface area contributed by atoms with E-state index in [-0.39, 0.29) is 0 Å². The number of hydrogen-bond acceptors (Lipinski definition) is 2. The van der Waals surface area contributed by atoms with Crippen LogP contribution in [-0.4, -0.2) is 14.6 Å². The van der Waals surface area contributed by atoms with Gasteiger partial charge in [0.05, 0.1) is 4.47 Å². The van der Waals surface area contributed by atoms with Gasteiger partial charge in [-0.05, 0) is 22.0 Å². The number of aromatic nitrogens is 3. The van der Waals surface area contributed by atoms with Gasteiger partial charge in [0.25, 0.3) is 5.56 Å². The highest BCUT2D eigenvalue weighted by Gasteiger charge is 2.03. The molecule has 12 heavy (non-hydrogen) atoms. The Hall–Kier alpha value is -1.30. The number of fused-ring (bicyclic) bond motifs is 1. The maximum absolute atomic E-state index is 11.2. The lowest BCUT2D eigenvalue weighted by molar-refractivity contribution is 0.845. The number of nitrogens with one attached hydrogen (secondary N) is 2. The van der Waals surface area contributed by atoms with E-state index in [2.05, 4.69) is 26.0 Å². The van der Waals surface area contributed by atoms with Crippen LogP contribution in [0.15, 0.2) is 26.3 Å². The van der Waals surface area contributed by atoms with Gasteiger partial charge in [0.2, 0.25) is 0 Å². The van der Waals surface area contributed by atoms with Gasteiger partial charge in [-0.15, -0.1) is 0 Å². The Bertz CT molecular complexity index is 535. The summed E-state index contributed by atoms with van der Waals surface area (Å²) in [5.74, 6) is 0. The molecule has 0 amide bonds. The molecule has 6 heteroatoms. The van der Waals surface area contributed by atoms with Crippen molar-refractivity contribution in [3.63, 3.8) is 0 Å². The Morgan fingerprint density at radius 3 is 2.92 bits per heavy atom. The third-order valence-electron chi connectivity index (χ3n) is 1.50. The Morgan fingerprint density at radius 1 is 1.42 bits per heavy atom. The summed E-state index contributed by atoms with van der Waals surface area (Å²) in [7, 11) is 0. The molecule has 2 heterocycles. The van der Waals surface area contributed by atoms with E-state index in [0.717, 1.165) is 0 Å². The molecule has 0 bridgehead atoms. The molecule has 0 aliphatic rings. The fourth-order valence-electron chi connectivity index (χ4n) is 1.02. The predicted molar refractivity (Wildman–Crippen MR) is 46.3 cm³/mol. The van der Waals surface area contributed by atoms with Crippen molar-refractivity contribution >= 4 is 21.4 Å². The lowest BCUT2D eigenvalue weighted by Gasteiger charge is -1.91. The van der Waals surface area contributed by atoms with E-state index in [4.69, 9.17) is 0 Å². The molecule has 0 atom stereocenters. The number of hydrogen-bond donors (Lipinski definition) is 2. The van der Waals surface area contributed by atoms with E-state index < -0.39 is 11.2 Å². The molecule has 62 valence electrons. The predicted octanol–water partition coefficient (Wildman–Crippen LogP) is 0.0784. The minimum Gasteiger partial charge on any atom is -0.271 e. The quantitative estimate of drug-likeness (QED) is 0.672. The van der Waals surface area contributed by atoms with Crippen molar-refractivity contribution in [1.29, 1.82) is 0 Å². The molecule has 5 nitrogen and oxygen atoms in total. The summed E-state index contributed by atoms with van der Waals surface area (Å²) in [4.78, 5) is 24.0. The van der Waals surface area contributed by atoms with Crippen LogP contribution in [-0.2, 0) is 0 Å². The van der Waals surface area contributed by atoms with Crippen LogP contribution in [0.1, 0.15) is 0 Å². The zero-order chi connectivity index (χ0) is 8.72. The Kier molecular flexibility index (Phi) is 1.44. The van der Waals surface area contributed by atoms with Crippen molar-refractivity contribution in [2.24, 2.45) is 0 Å². The van der Waals surface area contributed by atoms with Gasteiger partial charge in [-0.3, -0.25) is 14.3 Å². The van der Waals surface area contributed by atoms with Crippen LogP contribution in [0, 0.1) is 0 Å². The summed E-state index contributed by atoms with van der Waals surface area (Å²) < 4.78 is 2.02. The topological polar surface area (TPSA) is 70.1 Å². The van der Waals surface area contributed by atoms with Gasteiger partial charge in [-0.25, -0.2) is 9.89 Å². The van der Waals surface area contributed by atoms with Crippen LogP contribution in [0.2, 0.25) is 0 Å². The molecule has 0 saturated heterocycles. The van der Waals surface area contributed by atoms with Gasteiger partial charge in [-0.1, -0.05) is 0 Å². The van der Waals surface area contributed by atoms with Crippen molar-refractivity contribution in [1.82, 2.24) is 14.6 Å². The minimum absolute atomic E-state index is 0.398. The van der Waals surface area contributed by atoms with Crippen LogP contribution < -0.4 is 11.2 Å². The smallest absolute Gasteiger partial charge is 0.271 e. The molecule has 0 aliphatic heterocycles. The first-order valence-electron chi connectivity index (χ1n) is 3.17. The summed E-state index contributed by atoms with van der Waals surface area (Å²) in [6.45, 7) is 0. The monoisotopic (exact) mass is 229 g/mol. The Morgan fingerprint density at radius 2 is 2.17 bits per heavy atom. The van der Waals surface area contributed by atoms with E-state index in [1.807, 2.05) is 0 Å². The molecule has 2 rings (SSSR count). The van der Waals surface area contributed by atoms with Gasteiger partial charge in [0.1, 0.15) is 5.52 Å². The van der Waals surface area contributed by atoms with Crippen LogP contribution in [0.5, 0.6) is 0 Å². The highest BCUT2D eigenvalue weighted by molar-refractivity contribution is 9.10. The first kappa shape index (κ1) is 7.35. The van der Waals surface area contributed by atoms with E-state index >= 15 is 0 Å². The largest absolute Gasteiger partial charge is 0.340 e. The fraction of sp³-hybridized carbons (Fsp3) is 0. The molecule has 2 aromatic heterocycles. The zero-order valence-corrected chi connectivity index (χ0v) is 7.38. The van der Waals surface area contributed by atoms with Crippen molar-refractivity contribution in [3.8, 4) is 0 Å². The minimum atomic E-state index is -0.518. The van der Waals surface area contributed by atoms with Gasteiger partial charge in [0.15, 0.2) is 0 Å². The normalized spacial score (nSPS) is 10.8. The van der Waals surface area contributed by atoms with Gasteiger partial charge < -0.3 is 0 Å². The van der Waals surface area contributed by atoms with E-state index in [1.165, 1.54) is 4.52 Å². The van der Waals surface area contributed by atoms with Crippen molar-refractivity contribution < 1.29 is 0 Å². The van der Waals surface area contributed by atoms with Gasteiger partial charge in [0, 0.05) is 6.20 Å². The van der Waals surface area contributed by atoms with Crippen molar-refractivity contribution in [2.45, 2.75) is 0 Å². The molecule has 0 spiro atoms. The number of H-pyrrole nitrogens is 2. The van der Waals surface area contributed by atoms with Crippen LogP contribution >= 0.6 is 15.9 Å². The second-order valence-electron chi connectivity index (χ2n) is 2.28. The lowest BCUT2D eigenvalue weighted by Crippen LogP contribution is -2.25. The van der Waals surface area contributed by atoms with E-state index in [0.29, 0.717) is 9.99 Å². The van der Waals surface area contributed by atoms with Crippen LogP contribution in [0.25, 0.3) is 5.52 Å². The summed E-state index contributed by atoms with van der Waals surface area (Å²) in [6.07, 6.45) is 1.59. The standard InChI is InChI=1S/C6H4BrN3O2/c7-3-1-2-10-4(3)5(11)8-6(12)9-10/h1-2H,(H2,8,9,11,12). The molecule has 0 aliphatic carbocycles. The number of aromatic amines is 2. The second-order valence-corrected chi connectivity index (χ2v) is 3.13. The second kappa shape index (κ2) is 2.34. The Labute approximate surface area is 74.1 Å². The van der Waals surface area contributed by atoms with Crippen LogP contribution in [0.3, 0.4) is 0 Å². The maximum Gasteiger partial charge on any atom is 0.340 e. The SMILES string of the molecule is O=c1[nH]c(=O)c2c(Br)ccn2[nH]1. The van der Waals surface area contributed by atoms with Crippen molar-refractivity contribution in [3.05, 3.63) is 37.6 Å². The lowest BCUT2D eigenvalue weighted by atomic mass is 10.5. The van der Waals surface area contributed by atoms with Crippen LogP contribution in [0.4, 0.5) is 0 Å². The molecule has 2 aromatic rings. The summed E-state index contributed by atoms with van der Waals surface area (Å²) >= 11 is 3.18. The number of rotatable bonds is 0. The summed E-state index contributed by atoms with van der Waals surface area (Å²) in [6, 6.07) is 1.68. The Balaban J connectivity index is 3.13. The van der Waals surface area contributed by atoms with E-state index in [9.17, 15) is 9.59 Å². The number of nitrogens with zero attached hydrogens (tertiary/aromatic N) is 1. The average Bonchev–Trinajstić information content (AvgIpc) is 2.31. The summed E-state index contributed by atoms with van der Waals surface area (Å²) in [5.41, 5.74) is -0.527. The molecule has 0 fully saturated rings. The zero-order valence-electron chi connectivity index (χ0n) is 5.80. The molecule has 0 radical (unpaired) electrons. The molecule has 2 N–H and O–H groups in total.